The first-order chi connectivity index (χ1) is 33.1. The Morgan fingerprint density at radius 2 is 1.49 bits per heavy atom. The maximum atomic E-state index is 14.5. The SMILES string of the molecule is CCCCCCCCCCCCCCCC(=O)N[N@@+]12C(=O)C(Sc3cc(Cl)ccc3Cl)[C@H]1SCC(CSc1cc[n+](CC(=O)N(CCCNC(=O)OC(C)(C)C)C(C(=O)O)C(C)(C)C)cc1)=C2C(=O)O. The Kier molecular flexibility index (Phi) is 23.7. The van der Waals surface area contributed by atoms with Crippen molar-refractivity contribution in [3.63, 3.8) is 0 Å². The van der Waals surface area contributed by atoms with E-state index < -0.39 is 62.1 Å². The number of nitrogens with zero attached hydrogens (tertiary/aromatic N) is 3. The summed E-state index contributed by atoms with van der Waals surface area (Å²) in [7, 11) is 0. The highest BCUT2D eigenvalue weighted by molar-refractivity contribution is 8.04. The van der Waals surface area contributed by atoms with E-state index in [1.165, 1.54) is 98.0 Å². The first-order valence-electron chi connectivity index (χ1n) is 24.6. The Morgan fingerprint density at radius 3 is 2.04 bits per heavy atom. The molecule has 4 amide bonds. The van der Waals surface area contributed by atoms with Crippen molar-refractivity contribution in [3.05, 3.63) is 64.0 Å². The maximum Gasteiger partial charge on any atom is 0.407 e. The van der Waals surface area contributed by atoms with Gasteiger partial charge in [0, 0.05) is 63.5 Å². The molecule has 2 aliphatic heterocycles. The number of nitrogens with one attached hydrogen (secondary N) is 2. The number of thioether (sulfide) groups is 3. The number of unbranched alkanes of at least 4 members (excludes halogenated alkanes) is 12. The van der Waals surface area contributed by atoms with Crippen molar-refractivity contribution in [1.82, 2.24) is 15.6 Å². The molecule has 0 spiro atoms. The Morgan fingerprint density at radius 1 is 0.886 bits per heavy atom. The molecule has 14 nitrogen and oxygen atoms in total. The molecule has 0 bridgehead atoms. The van der Waals surface area contributed by atoms with Crippen molar-refractivity contribution in [3.8, 4) is 0 Å². The standard InChI is InChI=1S/C51H73Cl2N5O9S3/c1-8-9-10-11-12-13-14-15-16-17-18-19-20-22-40(59)55-58-42(47(62)63)35(34-69-46(58)43(45(58)61)70-39-31-36(52)23-24-38(39)53)33-68-37-25-29-56(30-26-37)32-41(60)57(44(48(64)65)50(2,3)4)28-21-27-54-49(66)67-51(5,6)7/h23-26,29-31,43-44,46H,8-22,27-28,32-34H2,1-7H3,(H2-2,54,55,59,62,63,64,65,66)/p+2/t43?,44?,46-,58+/m1/s1. The minimum absolute atomic E-state index is 0.0768. The van der Waals surface area contributed by atoms with Gasteiger partial charge in [-0.2, -0.15) is 9.99 Å². The summed E-state index contributed by atoms with van der Waals surface area (Å²) in [5.41, 5.74) is 1.79. The molecule has 0 radical (unpaired) electrons. The van der Waals surface area contributed by atoms with E-state index in [1.807, 2.05) is 0 Å². The van der Waals surface area contributed by atoms with Gasteiger partial charge in [-0.1, -0.05) is 151 Å². The molecular weight excluding hydrogens is 994 g/mol. The number of carbonyl (C=O) groups is 6. The number of carbonyl (C=O) groups excluding carboxylic acids is 4. The van der Waals surface area contributed by atoms with Crippen LogP contribution in [0.1, 0.15) is 145 Å². The van der Waals surface area contributed by atoms with E-state index in [0.717, 1.165) is 24.2 Å². The van der Waals surface area contributed by atoms with Gasteiger partial charge >= 0.3 is 23.9 Å². The van der Waals surface area contributed by atoms with Crippen LogP contribution in [0.25, 0.3) is 0 Å². The topological polar surface area (TPSA) is 183 Å². The lowest BCUT2D eigenvalue weighted by Crippen LogP contribution is -2.82. The van der Waals surface area contributed by atoms with Crippen LogP contribution in [0.5, 0.6) is 0 Å². The van der Waals surface area contributed by atoms with Crippen LogP contribution in [-0.4, -0.2) is 102 Å². The third-order valence-corrected chi connectivity index (χ3v) is 16.7. The second kappa shape index (κ2) is 28.1. The summed E-state index contributed by atoms with van der Waals surface area (Å²) >= 11 is 16.8. The maximum absolute atomic E-state index is 14.5. The number of amides is 4. The van der Waals surface area contributed by atoms with Crippen molar-refractivity contribution >= 4 is 94.2 Å². The van der Waals surface area contributed by atoms with E-state index in [2.05, 4.69) is 17.7 Å². The molecule has 4 N–H and O–H groups in total. The van der Waals surface area contributed by atoms with Gasteiger partial charge in [0.1, 0.15) is 11.6 Å². The number of carboxylic acid groups (broad SMARTS) is 2. The Labute approximate surface area is 437 Å². The number of hydrogen-bond donors (Lipinski definition) is 4. The predicted molar refractivity (Wildman–Crippen MR) is 280 cm³/mol. The molecule has 2 aliphatic rings. The first kappa shape index (κ1) is 59.1. The number of fused-ring (bicyclic) bond motifs is 1. The Balaban J connectivity index is 1.44. The zero-order chi connectivity index (χ0) is 51.6. The fourth-order valence-electron chi connectivity index (χ4n) is 8.65. The van der Waals surface area contributed by atoms with Crippen LogP contribution in [0.4, 0.5) is 4.79 Å². The summed E-state index contributed by atoms with van der Waals surface area (Å²) in [5.74, 6) is -3.16. The van der Waals surface area contributed by atoms with E-state index >= 15 is 0 Å². The molecule has 1 aromatic carbocycles. The van der Waals surface area contributed by atoms with Gasteiger partial charge in [0.25, 0.3) is 17.5 Å². The quantitative estimate of drug-likeness (QED) is 0.0199. The van der Waals surface area contributed by atoms with Crippen LogP contribution < -0.4 is 15.3 Å². The van der Waals surface area contributed by atoms with E-state index in [1.54, 1.807) is 88.8 Å². The summed E-state index contributed by atoms with van der Waals surface area (Å²) < 4.78 is 6.14. The molecule has 1 aromatic heterocycles. The van der Waals surface area contributed by atoms with Gasteiger partial charge in [-0.3, -0.25) is 9.59 Å². The van der Waals surface area contributed by atoms with Gasteiger partial charge in [-0.05, 0) is 57.2 Å². The molecule has 4 atom stereocenters. The second-order valence-corrected chi connectivity index (χ2v) is 24.3. The summed E-state index contributed by atoms with van der Waals surface area (Å²) in [6.45, 7) is 12.8. The number of ether oxygens (including phenoxy) is 1. The molecule has 0 aliphatic carbocycles. The van der Waals surface area contributed by atoms with Crippen molar-refractivity contribution in [2.75, 3.05) is 24.6 Å². The molecule has 70 heavy (non-hydrogen) atoms. The van der Waals surface area contributed by atoms with Gasteiger partial charge in [-0.25, -0.2) is 19.2 Å². The van der Waals surface area contributed by atoms with Gasteiger partial charge in [0.05, 0.1) is 5.02 Å². The number of aliphatic carboxylic acids is 2. The predicted octanol–water partition coefficient (Wildman–Crippen LogP) is 11.1. The molecule has 1 fully saturated rings. The number of quaternary nitrogens is 1. The highest BCUT2D eigenvalue weighted by Gasteiger charge is 2.72. The summed E-state index contributed by atoms with van der Waals surface area (Å²) in [5, 5.41) is 23.3. The summed E-state index contributed by atoms with van der Waals surface area (Å²) in [6, 6.07) is 7.40. The molecular formula is C51H75Cl2N5O9S3+2. The lowest BCUT2D eigenvalue weighted by atomic mass is 9.85. The van der Waals surface area contributed by atoms with Gasteiger partial charge < -0.3 is 25.2 Å². The molecule has 388 valence electrons. The van der Waals surface area contributed by atoms with Gasteiger partial charge in [0.2, 0.25) is 6.54 Å². The largest absolute Gasteiger partial charge is 0.480 e. The number of hydrogen-bond acceptors (Lipinski definition) is 10. The van der Waals surface area contributed by atoms with Crippen LogP contribution >= 0.6 is 58.5 Å². The zero-order valence-corrected chi connectivity index (χ0v) is 46.0. The molecule has 19 heteroatoms. The highest BCUT2D eigenvalue weighted by atomic mass is 35.5. The van der Waals surface area contributed by atoms with Crippen LogP contribution in [0.15, 0.2) is 63.8 Å². The number of carboxylic acids is 2. The minimum Gasteiger partial charge on any atom is -0.480 e. The third kappa shape index (κ3) is 17.6. The van der Waals surface area contributed by atoms with Crippen molar-refractivity contribution in [1.29, 1.82) is 0 Å². The number of β-lactam (4-membered cyclic amide) rings is 1. The number of benzene rings is 1. The van der Waals surface area contributed by atoms with Crippen LogP contribution in [0, 0.1) is 5.41 Å². The first-order valence-corrected chi connectivity index (χ1v) is 28.3. The monoisotopic (exact) mass is 1070 g/mol. The van der Waals surface area contributed by atoms with Gasteiger partial charge in [-0.15, -0.1) is 16.4 Å². The summed E-state index contributed by atoms with van der Waals surface area (Å²) in [6.07, 6.45) is 18.3. The fourth-order valence-corrected chi connectivity index (χ4v) is 13.2. The van der Waals surface area contributed by atoms with Crippen LogP contribution in [-0.2, 0) is 35.3 Å². The second-order valence-electron chi connectivity index (χ2n) is 20.1. The number of rotatable bonds is 29. The zero-order valence-electron chi connectivity index (χ0n) is 42.0. The Hall–Kier alpha value is -3.48. The highest BCUT2D eigenvalue weighted by Crippen LogP contribution is 2.53. The van der Waals surface area contributed by atoms with Crippen molar-refractivity contribution in [2.45, 2.75) is 183 Å². The summed E-state index contributed by atoms with van der Waals surface area (Å²) in [4.78, 5) is 82.8. The number of alkyl carbamates (subject to hydrolysis) is 1. The lowest BCUT2D eigenvalue weighted by molar-refractivity contribution is -0.884. The Bertz CT molecular complexity index is 2150. The van der Waals surface area contributed by atoms with E-state index in [4.69, 9.17) is 27.9 Å². The minimum atomic E-state index is -1.29. The van der Waals surface area contributed by atoms with Gasteiger partial charge in [0.15, 0.2) is 23.0 Å². The molecule has 4 rings (SSSR count). The average Bonchev–Trinajstić information content (AvgIpc) is 3.27. The molecule has 1 saturated heterocycles. The average molecular weight is 1070 g/mol. The number of aromatic nitrogens is 1. The fraction of sp³-hybridized carbons (Fsp3) is 0.627. The van der Waals surface area contributed by atoms with Crippen molar-refractivity contribution < 1.29 is 52.9 Å². The molecule has 0 saturated carbocycles. The van der Waals surface area contributed by atoms with Crippen molar-refractivity contribution in [2.24, 2.45) is 5.41 Å². The smallest absolute Gasteiger partial charge is 0.407 e. The molecule has 3 heterocycles. The molecule has 2 unspecified atom stereocenters. The van der Waals surface area contributed by atoms with Crippen LogP contribution in [0.3, 0.4) is 0 Å². The number of halogens is 2. The lowest BCUT2D eigenvalue weighted by Gasteiger charge is -2.53. The van der Waals surface area contributed by atoms with E-state index in [-0.39, 0.29) is 43.4 Å². The van der Waals surface area contributed by atoms with E-state index in [9.17, 15) is 39.0 Å². The number of pyridine rings is 1. The molecule has 2 aromatic rings. The normalized spacial score (nSPS) is 18.4. The van der Waals surface area contributed by atoms with E-state index in [0.29, 0.717) is 39.1 Å². The van der Waals surface area contributed by atoms with Crippen LogP contribution in [0.2, 0.25) is 10.0 Å². The third-order valence-electron chi connectivity index (χ3n) is 12.0.